The first-order chi connectivity index (χ1) is 2.95. The van der Waals surface area contributed by atoms with Gasteiger partial charge in [0.1, 0.15) is 0 Å². The maximum atomic E-state index is 3.33. The van der Waals surface area contributed by atoms with Crippen LogP contribution in [0.1, 0.15) is 6.42 Å². The van der Waals surface area contributed by atoms with E-state index in [0.29, 0.717) is 21.2 Å². The molecule has 1 atom stereocenters. The van der Waals surface area contributed by atoms with Crippen LogP contribution in [-0.4, -0.2) is 4.05 Å². The van der Waals surface area contributed by atoms with Crippen molar-refractivity contribution in [1.29, 1.82) is 0 Å². The van der Waals surface area contributed by atoms with E-state index in [-0.39, 0.29) is 0 Å². The monoisotopic (exact) mass is 194 g/mol. The number of rotatable bonds is 0. The van der Waals surface area contributed by atoms with E-state index < -0.39 is 0 Å². The van der Waals surface area contributed by atoms with Crippen LogP contribution in [0.4, 0.5) is 0 Å². The van der Waals surface area contributed by atoms with E-state index in [1.54, 1.807) is 0 Å². The molecule has 3 aliphatic heterocycles. The fourth-order valence-electron chi connectivity index (χ4n) is 0.677. The summed E-state index contributed by atoms with van der Waals surface area (Å²) in [6.07, 6.45) is 1.38. The topological polar surface area (TPSA) is 12.0 Å². The van der Waals surface area contributed by atoms with Gasteiger partial charge in [-0.3, -0.25) is 0 Å². The first-order valence-corrected chi connectivity index (χ1v) is 4.52. The van der Waals surface area contributed by atoms with Crippen LogP contribution in [0.2, 0.25) is 0 Å². The number of halogens is 1. The van der Waals surface area contributed by atoms with Crippen molar-refractivity contribution in [1.82, 2.24) is 5.32 Å². The zero-order valence-corrected chi connectivity index (χ0v) is 5.40. The Bertz CT molecular complexity index is 97.4. The molecule has 0 aliphatic carbocycles. The van der Waals surface area contributed by atoms with Crippen molar-refractivity contribution in [2.75, 3.05) is 0 Å². The van der Waals surface area contributed by atoms with Crippen molar-refractivity contribution in [3.8, 4) is 0 Å². The third-order valence-corrected chi connectivity index (χ3v) is 3.82. The Morgan fingerprint density at radius 3 is 3.00 bits per heavy atom. The van der Waals surface area contributed by atoms with Gasteiger partial charge in [0.15, 0.2) is 0 Å². The predicted octanol–water partition coefficient (Wildman–Crippen LogP) is -2.75. The van der Waals surface area contributed by atoms with Crippen LogP contribution in [0.3, 0.4) is 0 Å². The second-order valence-electron chi connectivity index (χ2n) is 1.58. The normalized spacial score (nSPS) is 38.7. The van der Waals surface area contributed by atoms with Gasteiger partial charge in [-0.25, -0.2) is 0 Å². The summed E-state index contributed by atoms with van der Waals surface area (Å²) >= 11 is 0.480. The summed E-state index contributed by atoms with van der Waals surface area (Å²) in [5.74, 6) is 0. The molecule has 0 radical (unpaired) electrons. The molecule has 0 amide bonds. The molecule has 1 fully saturated rings. The van der Waals surface area contributed by atoms with Crippen LogP contribution in [-0.2, 0) is 0 Å². The molecule has 3 rings (SSSR count). The van der Waals surface area contributed by atoms with Gasteiger partial charge in [0.2, 0.25) is 0 Å². The number of fused-ring (bicyclic) bond motifs is 1. The van der Waals surface area contributed by atoms with Crippen LogP contribution in [0.25, 0.3) is 0 Å². The summed E-state index contributed by atoms with van der Waals surface area (Å²) < 4.78 is 3.35. The van der Waals surface area contributed by atoms with E-state index in [0.717, 1.165) is 4.05 Å². The molecule has 0 aromatic carbocycles. The standard InChI is InChI=1S/C4H5IN/c1-3-2-5-4(1)6-3/h2,4,6H,1H2/q-1. The molecular weight excluding hydrogens is 189 g/mol. The maximum absolute atomic E-state index is 3.33. The van der Waals surface area contributed by atoms with Crippen molar-refractivity contribution in [3.05, 3.63) is 9.78 Å². The molecule has 1 nitrogen and oxygen atoms in total. The van der Waals surface area contributed by atoms with Gasteiger partial charge in [-0.15, -0.1) is 0 Å². The van der Waals surface area contributed by atoms with Crippen molar-refractivity contribution >= 4 is 0 Å². The molecule has 0 saturated carbocycles. The molecule has 0 aromatic rings. The first kappa shape index (κ1) is 3.29. The summed E-state index contributed by atoms with van der Waals surface area (Å²) in [7, 11) is 0. The van der Waals surface area contributed by atoms with Gasteiger partial charge >= 0.3 is 46.8 Å². The Hall–Kier alpha value is 0.270. The fraction of sp³-hybridized carbons (Fsp3) is 0.500. The summed E-state index contributed by atoms with van der Waals surface area (Å²) in [5.41, 5.74) is 1.52. The van der Waals surface area contributed by atoms with Gasteiger partial charge in [-0.05, 0) is 0 Å². The Balaban J connectivity index is 2.37. The van der Waals surface area contributed by atoms with E-state index in [1.807, 2.05) is 0 Å². The van der Waals surface area contributed by atoms with Gasteiger partial charge in [-0.2, -0.15) is 0 Å². The van der Waals surface area contributed by atoms with Gasteiger partial charge in [-0.1, -0.05) is 0 Å². The average molecular weight is 194 g/mol. The molecule has 1 unspecified atom stereocenters. The summed E-state index contributed by atoms with van der Waals surface area (Å²) in [4.78, 5) is 0. The van der Waals surface area contributed by atoms with E-state index in [9.17, 15) is 0 Å². The van der Waals surface area contributed by atoms with E-state index in [1.165, 1.54) is 12.1 Å². The van der Waals surface area contributed by atoms with E-state index in [2.05, 4.69) is 9.40 Å². The Morgan fingerprint density at radius 1 is 2.00 bits per heavy atom. The summed E-state index contributed by atoms with van der Waals surface area (Å²) in [6.45, 7) is 0. The van der Waals surface area contributed by atoms with E-state index >= 15 is 0 Å². The number of hydrogen-bond donors (Lipinski definition) is 1. The van der Waals surface area contributed by atoms with Crippen LogP contribution in [0, 0.1) is 0 Å². The minimum absolute atomic E-state index is 0.480. The van der Waals surface area contributed by atoms with Gasteiger partial charge in [0, 0.05) is 0 Å². The van der Waals surface area contributed by atoms with Crippen LogP contribution >= 0.6 is 0 Å². The molecule has 1 saturated heterocycles. The predicted molar refractivity (Wildman–Crippen MR) is 19.6 cm³/mol. The Kier molecular flexibility index (Phi) is 0.500. The number of alkyl halides is 1. The zero-order chi connectivity index (χ0) is 3.98. The SMILES string of the molecule is C1=C2CC(N2)[I-]1. The second kappa shape index (κ2) is 0.911. The van der Waals surface area contributed by atoms with Crippen molar-refractivity contribution in [2.24, 2.45) is 0 Å². The molecule has 0 spiro atoms. The number of hydrogen-bond acceptors (Lipinski definition) is 1. The molecule has 2 heteroatoms. The molecule has 34 valence electrons. The Morgan fingerprint density at radius 2 is 2.83 bits per heavy atom. The number of nitrogens with one attached hydrogen (secondary N) is 1. The van der Waals surface area contributed by atoms with Crippen LogP contribution < -0.4 is 26.5 Å². The molecule has 2 bridgehead atoms. The van der Waals surface area contributed by atoms with Gasteiger partial charge in [0.25, 0.3) is 0 Å². The second-order valence-corrected chi connectivity index (χ2v) is 4.42. The fourth-order valence-corrected chi connectivity index (χ4v) is 3.29. The van der Waals surface area contributed by atoms with Crippen LogP contribution in [0.5, 0.6) is 0 Å². The molecule has 3 aliphatic rings. The minimum atomic E-state index is 0.480. The molecule has 1 N–H and O–H groups in total. The van der Waals surface area contributed by atoms with Crippen molar-refractivity contribution < 1.29 is 21.2 Å². The quantitative estimate of drug-likeness (QED) is 0.250. The molecular formula is C4H5IN-. The molecule has 6 heavy (non-hydrogen) atoms. The summed E-state index contributed by atoms with van der Waals surface area (Å²) in [5, 5.41) is 3.33. The third kappa shape index (κ3) is 0.259. The molecule has 3 heterocycles. The van der Waals surface area contributed by atoms with Crippen molar-refractivity contribution in [3.63, 3.8) is 0 Å². The Labute approximate surface area is 47.1 Å². The molecule has 0 aromatic heterocycles. The third-order valence-electron chi connectivity index (χ3n) is 1.09. The van der Waals surface area contributed by atoms with E-state index in [4.69, 9.17) is 0 Å². The zero-order valence-electron chi connectivity index (χ0n) is 3.24. The van der Waals surface area contributed by atoms with Gasteiger partial charge < -0.3 is 0 Å². The average Bonchev–Trinajstić information content (AvgIpc) is 1.72. The van der Waals surface area contributed by atoms with Crippen molar-refractivity contribution in [2.45, 2.75) is 10.5 Å². The summed E-state index contributed by atoms with van der Waals surface area (Å²) in [6, 6.07) is 0. The van der Waals surface area contributed by atoms with Crippen LogP contribution in [0.15, 0.2) is 9.78 Å². The van der Waals surface area contributed by atoms with Gasteiger partial charge in [0.05, 0.1) is 0 Å². The first-order valence-electron chi connectivity index (χ1n) is 2.03.